The molecule has 3 heterocycles. The molecule has 0 unspecified atom stereocenters. The van der Waals surface area contributed by atoms with Crippen molar-refractivity contribution in [2.75, 3.05) is 31.6 Å². The number of benzene rings is 2. The van der Waals surface area contributed by atoms with E-state index >= 15 is 0 Å². The van der Waals surface area contributed by atoms with Gasteiger partial charge in [-0.1, -0.05) is 12.1 Å². The third kappa shape index (κ3) is 4.54. The molecule has 3 N–H and O–H groups in total. The summed E-state index contributed by atoms with van der Waals surface area (Å²) in [4.78, 5) is 22.6. The molecule has 0 aliphatic carbocycles. The number of hydrogen-bond donors (Lipinski definition) is 3. The van der Waals surface area contributed by atoms with Crippen LogP contribution in [0.5, 0.6) is 5.75 Å². The lowest BCUT2D eigenvalue weighted by molar-refractivity contribution is -0.133. The van der Waals surface area contributed by atoms with Gasteiger partial charge in [-0.05, 0) is 31.9 Å². The monoisotopic (exact) mass is 530 g/mol. The Kier molecular flexibility index (Phi) is 6.68. The van der Waals surface area contributed by atoms with Crippen LogP contribution in [0, 0.1) is 12.7 Å². The van der Waals surface area contributed by atoms with Crippen molar-refractivity contribution in [2.24, 2.45) is 0 Å². The van der Waals surface area contributed by atoms with Crippen molar-refractivity contribution in [2.45, 2.75) is 51.2 Å². The average Bonchev–Trinajstić information content (AvgIpc) is 3.38. The number of likely N-dealkylation sites (tertiary alicyclic amines) is 1. The number of carbonyl (C=O) groups is 1. The highest BCUT2D eigenvalue weighted by Gasteiger charge is 2.40. The predicted molar refractivity (Wildman–Crippen MR) is 134 cm³/mol. The number of fused-ring (bicyclic) bond motifs is 3. The van der Waals surface area contributed by atoms with Crippen molar-refractivity contribution in [3.8, 4) is 5.75 Å². The Labute approximate surface area is 217 Å². The topological polar surface area (TPSA) is 108 Å². The van der Waals surface area contributed by atoms with Crippen LogP contribution in [-0.2, 0) is 29.3 Å². The lowest BCUT2D eigenvalue weighted by atomic mass is 9.82. The van der Waals surface area contributed by atoms with Crippen LogP contribution in [0.2, 0.25) is 0 Å². The van der Waals surface area contributed by atoms with Gasteiger partial charge in [-0.15, -0.1) is 0 Å². The van der Waals surface area contributed by atoms with E-state index in [0.29, 0.717) is 72.8 Å². The summed E-state index contributed by atoms with van der Waals surface area (Å²) in [6.45, 7) is 2.81. The number of anilines is 1. The Morgan fingerprint density at radius 2 is 2.00 bits per heavy atom. The third-order valence-electron chi connectivity index (χ3n) is 7.40. The normalized spacial score (nSPS) is 16.9. The summed E-state index contributed by atoms with van der Waals surface area (Å²) in [5.74, 6) is -3.44. The highest BCUT2D eigenvalue weighted by molar-refractivity contribution is 5.94. The second-order valence-electron chi connectivity index (χ2n) is 9.88. The van der Waals surface area contributed by atoms with Crippen LogP contribution < -0.4 is 10.1 Å². The van der Waals surface area contributed by atoms with Gasteiger partial charge in [-0.3, -0.25) is 4.79 Å². The van der Waals surface area contributed by atoms with E-state index in [0.717, 1.165) is 11.6 Å². The van der Waals surface area contributed by atoms with Crippen molar-refractivity contribution >= 4 is 22.6 Å². The van der Waals surface area contributed by atoms with Gasteiger partial charge in [-0.25, -0.2) is 14.4 Å². The molecule has 202 valence electrons. The number of hydrogen-bond acceptors (Lipinski definition) is 7. The predicted octanol–water partition coefficient (Wildman–Crippen LogP) is 3.54. The second kappa shape index (κ2) is 9.70. The Morgan fingerprint density at radius 1 is 1.26 bits per heavy atom. The van der Waals surface area contributed by atoms with Crippen LogP contribution in [-0.4, -0.2) is 57.3 Å². The van der Waals surface area contributed by atoms with Gasteiger partial charge in [0.1, 0.15) is 29.8 Å². The highest BCUT2D eigenvalue weighted by atomic mass is 19.3. The Morgan fingerprint density at radius 3 is 2.68 bits per heavy atom. The number of alkyl halides is 2. The van der Waals surface area contributed by atoms with Gasteiger partial charge in [0.05, 0.1) is 23.3 Å². The molecule has 11 heteroatoms. The molecule has 1 amide bonds. The fraction of sp³-hybridized carbons (Fsp3) is 0.444. The van der Waals surface area contributed by atoms with Crippen molar-refractivity contribution < 1.29 is 32.9 Å². The number of nitrogens with zero attached hydrogens (tertiary/aromatic N) is 3. The summed E-state index contributed by atoms with van der Waals surface area (Å²) in [5.41, 5.74) is -0.0507. The van der Waals surface area contributed by atoms with E-state index in [2.05, 4.69) is 15.3 Å². The van der Waals surface area contributed by atoms with Gasteiger partial charge in [0.25, 0.3) is 5.92 Å². The molecule has 38 heavy (non-hydrogen) atoms. The van der Waals surface area contributed by atoms with Crippen molar-refractivity contribution in [3.63, 3.8) is 0 Å². The van der Waals surface area contributed by atoms with Crippen LogP contribution in [0.1, 0.15) is 47.8 Å². The summed E-state index contributed by atoms with van der Waals surface area (Å²) in [6.07, 6.45) is 1.25. The quantitative estimate of drug-likeness (QED) is 0.448. The van der Waals surface area contributed by atoms with E-state index in [-0.39, 0.29) is 18.0 Å². The summed E-state index contributed by atoms with van der Waals surface area (Å²) in [5, 5.41) is 24.3. The van der Waals surface area contributed by atoms with Gasteiger partial charge in [0.2, 0.25) is 5.91 Å². The first-order valence-corrected chi connectivity index (χ1v) is 12.5. The Hall–Kier alpha value is -3.44. The maximum Gasteiger partial charge on any atom is 0.298 e. The highest BCUT2D eigenvalue weighted by Crippen LogP contribution is 2.45. The van der Waals surface area contributed by atoms with Crippen LogP contribution in [0.4, 0.5) is 19.0 Å². The van der Waals surface area contributed by atoms with Crippen molar-refractivity contribution in [1.29, 1.82) is 0 Å². The number of rotatable bonds is 6. The van der Waals surface area contributed by atoms with E-state index in [1.54, 1.807) is 17.9 Å². The van der Waals surface area contributed by atoms with Gasteiger partial charge in [0, 0.05) is 55.1 Å². The zero-order valence-corrected chi connectivity index (χ0v) is 21.2. The third-order valence-corrected chi connectivity index (χ3v) is 7.40. The number of aromatic nitrogens is 2. The van der Waals surface area contributed by atoms with E-state index in [1.807, 2.05) is 0 Å². The molecule has 3 aromatic rings. The molecular formula is C27H29F3N4O4. The minimum absolute atomic E-state index is 0.0139. The molecule has 0 saturated carbocycles. The summed E-state index contributed by atoms with van der Waals surface area (Å²) in [7, 11) is 0. The summed E-state index contributed by atoms with van der Waals surface area (Å²) < 4.78 is 48.9. The maximum absolute atomic E-state index is 14.9. The van der Waals surface area contributed by atoms with Gasteiger partial charge in [0.15, 0.2) is 0 Å². The first kappa shape index (κ1) is 26.2. The Balaban J connectivity index is 1.54. The van der Waals surface area contributed by atoms with Crippen LogP contribution in [0.15, 0.2) is 24.3 Å². The number of nitrogens with one attached hydrogen (secondary N) is 1. The second-order valence-corrected chi connectivity index (χ2v) is 9.88. The standard InChI is InChI=1S/C27H29F3N4O4/c1-15-32-23-18-6-11-38-24(18)21(26(37)7-9-34(10-8-26)16(2)36)12-19(23)25(33-15)31-13-17-4-3-5-20(22(17)28)27(29,30)14-35/h3-5,12,35,37H,6-11,13-14H2,1-2H3,(H,31,32,33). The number of aryl methyl sites for hydroxylation is 1. The first-order chi connectivity index (χ1) is 18.0. The van der Waals surface area contributed by atoms with E-state index in [9.17, 15) is 23.1 Å². The van der Waals surface area contributed by atoms with Crippen LogP contribution in [0.25, 0.3) is 10.9 Å². The number of carbonyl (C=O) groups excluding carboxylic acids is 1. The number of amides is 1. The number of ether oxygens (including phenoxy) is 1. The Bertz CT molecular complexity index is 1410. The lowest BCUT2D eigenvalue weighted by Gasteiger charge is -2.38. The van der Waals surface area contributed by atoms with E-state index in [4.69, 9.17) is 9.84 Å². The molecule has 0 spiro atoms. The van der Waals surface area contributed by atoms with Gasteiger partial charge >= 0.3 is 0 Å². The molecule has 2 aromatic carbocycles. The SMILES string of the molecule is CC(=O)N1CCC(O)(c2cc3c(NCc4cccc(C(F)(F)CO)c4F)nc(C)nc3c3c2OCC3)CC1. The molecule has 1 saturated heterocycles. The number of halogens is 3. The molecule has 0 bridgehead atoms. The van der Waals surface area contributed by atoms with Crippen LogP contribution >= 0.6 is 0 Å². The first-order valence-electron chi connectivity index (χ1n) is 12.5. The van der Waals surface area contributed by atoms with E-state index < -0.39 is 29.5 Å². The molecule has 8 nitrogen and oxygen atoms in total. The molecule has 2 aliphatic heterocycles. The number of piperidine rings is 1. The molecule has 0 atom stereocenters. The smallest absolute Gasteiger partial charge is 0.298 e. The molecular weight excluding hydrogens is 501 g/mol. The van der Waals surface area contributed by atoms with E-state index in [1.165, 1.54) is 19.1 Å². The maximum atomic E-state index is 14.9. The zero-order valence-electron chi connectivity index (χ0n) is 21.2. The zero-order chi connectivity index (χ0) is 27.2. The molecule has 0 radical (unpaired) electrons. The molecule has 1 fully saturated rings. The average molecular weight is 531 g/mol. The summed E-state index contributed by atoms with van der Waals surface area (Å²) in [6, 6.07) is 5.43. The molecule has 1 aromatic heterocycles. The molecule has 2 aliphatic rings. The van der Waals surface area contributed by atoms with Crippen molar-refractivity contribution in [1.82, 2.24) is 14.9 Å². The minimum atomic E-state index is -3.71. The minimum Gasteiger partial charge on any atom is -0.492 e. The van der Waals surface area contributed by atoms with Crippen molar-refractivity contribution in [3.05, 3.63) is 58.2 Å². The summed E-state index contributed by atoms with van der Waals surface area (Å²) >= 11 is 0. The van der Waals surface area contributed by atoms with Gasteiger partial charge in [-0.2, -0.15) is 8.78 Å². The molecule has 5 rings (SSSR count). The lowest BCUT2D eigenvalue weighted by Crippen LogP contribution is -2.44. The number of aliphatic hydroxyl groups is 2. The van der Waals surface area contributed by atoms with Gasteiger partial charge < -0.3 is 25.2 Å². The fourth-order valence-electron chi connectivity index (χ4n) is 5.28. The van der Waals surface area contributed by atoms with Crippen LogP contribution in [0.3, 0.4) is 0 Å². The fourth-order valence-corrected chi connectivity index (χ4v) is 5.28. The largest absolute Gasteiger partial charge is 0.492 e. The number of aliphatic hydroxyl groups excluding tert-OH is 1.